The Kier molecular flexibility index (Phi) is 1.95. The fourth-order valence-electron chi connectivity index (χ4n) is 1.85. The number of nitrogens with two attached hydrogens (primary N) is 1. The molecule has 3 nitrogen and oxygen atoms in total. The molecule has 1 heterocycles. The molecule has 0 atom stereocenters. The van der Waals surface area contributed by atoms with Crippen molar-refractivity contribution in [3.63, 3.8) is 0 Å². The molecule has 74 valence electrons. The van der Waals surface area contributed by atoms with Gasteiger partial charge < -0.3 is 10.6 Å². The molecule has 1 aliphatic heterocycles. The van der Waals surface area contributed by atoms with Crippen LogP contribution in [0.25, 0.3) is 0 Å². The summed E-state index contributed by atoms with van der Waals surface area (Å²) in [4.78, 5) is 12.6. The molecular formula is C11H14N2O. The van der Waals surface area contributed by atoms with Gasteiger partial charge in [0.05, 0.1) is 0 Å². The normalized spacial score (nSPS) is 14.3. The maximum absolute atomic E-state index is 11.0. The van der Waals surface area contributed by atoms with Crippen molar-refractivity contribution in [1.82, 2.24) is 4.90 Å². The van der Waals surface area contributed by atoms with E-state index in [1.54, 1.807) is 4.90 Å². The predicted molar refractivity (Wildman–Crippen MR) is 54.7 cm³/mol. The molecule has 0 saturated carbocycles. The van der Waals surface area contributed by atoms with Crippen LogP contribution in [0.4, 0.5) is 4.79 Å². The monoisotopic (exact) mass is 190 g/mol. The number of urea groups is 1. The lowest BCUT2D eigenvalue weighted by Crippen LogP contribution is -2.30. The van der Waals surface area contributed by atoms with E-state index in [0.717, 1.165) is 0 Å². The number of nitrogens with zero attached hydrogens (tertiary/aromatic N) is 1. The molecule has 1 aromatic rings. The maximum atomic E-state index is 11.0. The van der Waals surface area contributed by atoms with Crippen LogP contribution in [0.15, 0.2) is 12.1 Å². The Labute approximate surface area is 83.5 Å². The van der Waals surface area contributed by atoms with Crippen LogP contribution in [0.5, 0.6) is 0 Å². The van der Waals surface area contributed by atoms with Gasteiger partial charge in [-0.05, 0) is 36.1 Å². The number of benzene rings is 1. The van der Waals surface area contributed by atoms with Crippen molar-refractivity contribution in [2.75, 3.05) is 0 Å². The zero-order valence-electron chi connectivity index (χ0n) is 8.50. The van der Waals surface area contributed by atoms with Crippen LogP contribution in [0.2, 0.25) is 0 Å². The van der Waals surface area contributed by atoms with Gasteiger partial charge in [0.1, 0.15) is 0 Å². The number of hydrogen-bond acceptors (Lipinski definition) is 1. The Balaban J connectivity index is 2.36. The summed E-state index contributed by atoms with van der Waals surface area (Å²) in [7, 11) is 0. The van der Waals surface area contributed by atoms with Gasteiger partial charge in [0.15, 0.2) is 0 Å². The first-order valence-corrected chi connectivity index (χ1v) is 4.71. The smallest absolute Gasteiger partial charge is 0.315 e. The minimum atomic E-state index is -0.337. The average molecular weight is 190 g/mol. The molecule has 14 heavy (non-hydrogen) atoms. The van der Waals surface area contributed by atoms with Crippen LogP contribution in [-0.2, 0) is 13.1 Å². The van der Waals surface area contributed by atoms with Gasteiger partial charge in [-0.3, -0.25) is 0 Å². The van der Waals surface area contributed by atoms with Crippen LogP contribution in [0.1, 0.15) is 22.3 Å². The van der Waals surface area contributed by atoms with Crippen molar-refractivity contribution in [3.05, 3.63) is 34.4 Å². The Morgan fingerprint density at radius 3 is 2.00 bits per heavy atom. The SMILES string of the molecule is Cc1cc2c(cc1C)CN(C(N)=O)C2. The van der Waals surface area contributed by atoms with Crippen molar-refractivity contribution in [2.45, 2.75) is 26.9 Å². The zero-order chi connectivity index (χ0) is 10.3. The number of carbonyl (C=O) groups is 1. The lowest BCUT2D eigenvalue weighted by Gasteiger charge is -2.10. The second-order valence-corrected chi connectivity index (χ2v) is 3.90. The van der Waals surface area contributed by atoms with Crippen molar-refractivity contribution in [2.24, 2.45) is 5.73 Å². The Morgan fingerprint density at radius 1 is 1.21 bits per heavy atom. The molecule has 0 fully saturated rings. The lowest BCUT2D eigenvalue weighted by atomic mass is 10.0. The van der Waals surface area contributed by atoms with Gasteiger partial charge in [-0.15, -0.1) is 0 Å². The van der Waals surface area contributed by atoms with Crippen LogP contribution in [-0.4, -0.2) is 10.9 Å². The van der Waals surface area contributed by atoms with Crippen LogP contribution >= 0.6 is 0 Å². The molecule has 2 N–H and O–H groups in total. The number of fused-ring (bicyclic) bond motifs is 1. The largest absolute Gasteiger partial charge is 0.351 e. The zero-order valence-corrected chi connectivity index (χ0v) is 8.50. The summed E-state index contributed by atoms with van der Waals surface area (Å²) in [5.74, 6) is 0. The third-order valence-electron chi connectivity index (χ3n) is 2.85. The van der Waals surface area contributed by atoms with E-state index >= 15 is 0 Å². The number of rotatable bonds is 0. The fraction of sp³-hybridized carbons (Fsp3) is 0.364. The molecular weight excluding hydrogens is 176 g/mol. The molecule has 1 aliphatic rings. The highest BCUT2D eigenvalue weighted by molar-refractivity contribution is 5.73. The van der Waals surface area contributed by atoms with E-state index in [2.05, 4.69) is 26.0 Å². The van der Waals surface area contributed by atoms with Crippen molar-refractivity contribution >= 4 is 6.03 Å². The van der Waals surface area contributed by atoms with Crippen molar-refractivity contribution in [3.8, 4) is 0 Å². The van der Waals surface area contributed by atoms with E-state index in [-0.39, 0.29) is 6.03 Å². The van der Waals surface area contributed by atoms with E-state index < -0.39 is 0 Å². The summed E-state index contributed by atoms with van der Waals surface area (Å²) in [6.45, 7) is 5.49. The maximum Gasteiger partial charge on any atom is 0.315 e. The molecule has 0 saturated heterocycles. The molecule has 3 heteroatoms. The van der Waals surface area contributed by atoms with E-state index in [1.165, 1.54) is 22.3 Å². The summed E-state index contributed by atoms with van der Waals surface area (Å²) in [6.07, 6.45) is 0. The molecule has 0 bridgehead atoms. The minimum absolute atomic E-state index is 0.337. The first kappa shape index (κ1) is 9.06. The van der Waals surface area contributed by atoms with Gasteiger partial charge in [0.2, 0.25) is 0 Å². The predicted octanol–water partition coefficient (Wildman–Crippen LogP) is 1.70. The molecule has 0 aromatic heterocycles. The van der Waals surface area contributed by atoms with E-state index in [0.29, 0.717) is 13.1 Å². The number of primary amides is 1. The number of hydrogen-bond donors (Lipinski definition) is 1. The first-order valence-electron chi connectivity index (χ1n) is 4.71. The lowest BCUT2D eigenvalue weighted by molar-refractivity contribution is 0.208. The summed E-state index contributed by atoms with van der Waals surface area (Å²) >= 11 is 0. The van der Waals surface area contributed by atoms with Crippen LogP contribution < -0.4 is 5.73 Å². The summed E-state index contributed by atoms with van der Waals surface area (Å²) in [5, 5.41) is 0. The minimum Gasteiger partial charge on any atom is -0.351 e. The van der Waals surface area contributed by atoms with Crippen LogP contribution in [0.3, 0.4) is 0 Å². The summed E-state index contributed by atoms with van der Waals surface area (Å²) < 4.78 is 0. The highest BCUT2D eigenvalue weighted by Gasteiger charge is 2.21. The Hall–Kier alpha value is -1.51. The van der Waals surface area contributed by atoms with E-state index in [9.17, 15) is 4.79 Å². The summed E-state index contributed by atoms with van der Waals surface area (Å²) in [6, 6.07) is 3.96. The Bertz CT molecular complexity index is 368. The molecule has 0 unspecified atom stereocenters. The topological polar surface area (TPSA) is 46.3 Å². The highest BCUT2D eigenvalue weighted by Crippen LogP contribution is 2.25. The number of amides is 2. The van der Waals surface area contributed by atoms with Gasteiger partial charge >= 0.3 is 6.03 Å². The van der Waals surface area contributed by atoms with Crippen molar-refractivity contribution in [1.29, 1.82) is 0 Å². The van der Waals surface area contributed by atoms with Gasteiger partial charge in [-0.2, -0.15) is 0 Å². The van der Waals surface area contributed by atoms with E-state index in [4.69, 9.17) is 5.73 Å². The second kappa shape index (κ2) is 3.01. The summed E-state index contributed by atoms with van der Waals surface area (Å²) in [5.41, 5.74) is 10.2. The number of aryl methyl sites for hydroxylation is 2. The van der Waals surface area contributed by atoms with Gasteiger partial charge in [0, 0.05) is 13.1 Å². The molecule has 1 aromatic carbocycles. The molecule has 0 aliphatic carbocycles. The highest BCUT2D eigenvalue weighted by atomic mass is 16.2. The van der Waals surface area contributed by atoms with Crippen molar-refractivity contribution < 1.29 is 4.79 Å². The number of carbonyl (C=O) groups excluding carboxylic acids is 1. The Morgan fingerprint density at radius 2 is 1.64 bits per heavy atom. The molecule has 2 amide bonds. The van der Waals surface area contributed by atoms with E-state index in [1.807, 2.05) is 0 Å². The third kappa shape index (κ3) is 1.35. The van der Waals surface area contributed by atoms with Gasteiger partial charge in [0.25, 0.3) is 0 Å². The molecule has 2 rings (SSSR count). The quantitative estimate of drug-likeness (QED) is 0.665. The fourth-order valence-corrected chi connectivity index (χ4v) is 1.85. The average Bonchev–Trinajstić information content (AvgIpc) is 2.48. The second-order valence-electron chi connectivity index (χ2n) is 3.90. The first-order chi connectivity index (χ1) is 6.58. The van der Waals surface area contributed by atoms with Gasteiger partial charge in [-0.25, -0.2) is 4.79 Å². The standard InChI is InChI=1S/C11H14N2O/c1-7-3-9-5-13(11(12)14)6-10(9)4-8(7)2/h3-4H,5-6H2,1-2H3,(H2,12,14). The molecule has 0 spiro atoms. The van der Waals surface area contributed by atoms with Gasteiger partial charge in [-0.1, -0.05) is 12.1 Å². The molecule has 0 radical (unpaired) electrons. The van der Waals surface area contributed by atoms with Crippen LogP contribution in [0, 0.1) is 13.8 Å². The third-order valence-corrected chi connectivity index (χ3v) is 2.85.